The van der Waals surface area contributed by atoms with E-state index in [1.807, 2.05) is 0 Å². The maximum absolute atomic E-state index is 11.8. The molecule has 2 aliphatic carbocycles. The zero-order valence-electron chi connectivity index (χ0n) is 15.2. The van der Waals surface area contributed by atoms with Crippen LogP contribution in [0.1, 0.15) is 63.3 Å². The summed E-state index contributed by atoms with van der Waals surface area (Å²) < 4.78 is 5.43. The number of nitrogens with one attached hydrogen (secondary N) is 1. The normalized spacial score (nSPS) is 24.1. The number of hydrogen-bond acceptors (Lipinski definition) is 4. The molecule has 0 aliphatic heterocycles. The molecule has 1 heterocycles. The van der Waals surface area contributed by atoms with Gasteiger partial charge >= 0.3 is 6.09 Å². The van der Waals surface area contributed by atoms with Gasteiger partial charge in [-0.25, -0.2) is 4.79 Å². The molecule has 3 atom stereocenters. The van der Waals surface area contributed by atoms with Gasteiger partial charge in [0.2, 0.25) is 0 Å². The third-order valence-electron chi connectivity index (χ3n) is 5.56. The van der Waals surface area contributed by atoms with Crippen molar-refractivity contribution in [2.45, 2.75) is 64.7 Å². The third-order valence-corrected chi connectivity index (χ3v) is 5.56. The van der Waals surface area contributed by atoms with Crippen LogP contribution < -0.4 is 10.4 Å². The molecule has 2 aliphatic rings. The molecule has 25 heavy (non-hydrogen) atoms. The second-order valence-electron chi connectivity index (χ2n) is 7.19. The van der Waals surface area contributed by atoms with Crippen molar-refractivity contribution in [1.29, 1.82) is 0 Å². The van der Waals surface area contributed by atoms with E-state index >= 15 is 0 Å². The Kier molecular flexibility index (Phi) is 8.84. The van der Waals surface area contributed by atoms with Crippen LogP contribution in [0.25, 0.3) is 0 Å². The summed E-state index contributed by atoms with van der Waals surface area (Å²) in [5.41, 5.74) is 2.14. The first-order chi connectivity index (χ1) is 11.8. The summed E-state index contributed by atoms with van der Waals surface area (Å²) in [5, 5.41) is 14.9. The van der Waals surface area contributed by atoms with Crippen LogP contribution in [0.15, 0.2) is 0 Å². The molecule has 0 saturated heterocycles. The number of alkyl carbamates (subject to hydrolysis) is 1. The van der Waals surface area contributed by atoms with E-state index in [-0.39, 0.29) is 38.8 Å². The number of unbranched alkanes of at least 4 members (excludes halogenated alkanes) is 4. The van der Waals surface area contributed by atoms with Gasteiger partial charge in [-0.2, -0.15) is 0 Å². The number of rotatable bonds is 8. The summed E-state index contributed by atoms with van der Waals surface area (Å²) in [6.07, 6.45) is 9.90. The molecule has 1 N–H and O–H groups in total. The standard InChI is InChI=1S/C18H30N4O2.Y/c1-2-3-4-5-6-11-19-18(23)24-12-15-13-7-9-16-17(21-22-20-16)10-8-14(13)15;/h13-15H,2-12H2,1H3,(H2,19,20,21,22,23);/p-1/t13-,14+,15-;. The zero-order chi connectivity index (χ0) is 16.8. The number of hydrogen-bond donors (Lipinski definition) is 1. The smallest absolute Gasteiger partial charge is 0.407 e. The topological polar surface area (TPSA) is 78.2 Å². The molecule has 0 bridgehead atoms. The number of nitrogens with zero attached hydrogens (tertiary/aromatic N) is 3. The number of aromatic nitrogens is 3. The van der Waals surface area contributed by atoms with Crippen LogP contribution >= 0.6 is 0 Å². The first-order valence-corrected chi connectivity index (χ1v) is 9.54. The summed E-state index contributed by atoms with van der Waals surface area (Å²) >= 11 is 0. The Balaban J connectivity index is 0.00000225. The number of aryl methyl sites for hydroxylation is 2. The zero-order valence-corrected chi connectivity index (χ0v) is 18.1. The predicted molar refractivity (Wildman–Crippen MR) is 90.6 cm³/mol. The molecule has 1 amide bonds. The fourth-order valence-electron chi connectivity index (χ4n) is 4.01. The first-order valence-electron chi connectivity index (χ1n) is 9.54. The van der Waals surface area contributed by atoms with Crippen molar-refractivity contribution in [3.05, 3.63) is 11.4 Å². The number of carbonyl (C=O) groups is 1. The van der Waals surface area contributed by atoms with Gasteiger partial charge in [-0.05, 0) is 61.2 Å². The molecule has 3 rings (SSSR count). The van der Waals surface area contributed by atoms with Crippen molar-refractivity contribution in [3.8, 4) is 0 Å². The van der Waals surface area contributed by atoms with Crippen molar-refractivity contribution in [2.24, 2.45) is 17.8 Å². The first kappa shape index (κ1) is 20.8. The minimum absolute atomic E-state index is 0. The van der Waals surface area contributed by atoms with Crippen LogP contribution in [0.5, 0.6) is 0 Å². The van der Waals surface area contributed by atoms with Crippen LogP contribution in [-0.4, -0.2) is 29.6 Å². The van der Waals surface area contributed by atoms with Gasteiger partial charge in [-0.1, -0.05) is 32.6 Å². The van der Waals surface area contributed by atoms with E-state index in [1.165, 1.54) is 25.7 Å². The number of carbonyl (C=O) groups excluding carboxylic acids is 1. The SMILES string of the molecule is CCCCCCCNC(=O)OC[C@@H]1[C@@H]2CCc3[n-]nnc3CC[C@@H]21.[Y]. The molecule has 6 nitrogen and oxygen atoms in total. The van der Waals surface area contributed by atoms with Crippen LogP contribution in [0.2, 0.25) is 0 Å². The van der Waals surface area contributed by atoms with Gasteiger partial charge < -0.3 is 20.3 Å². The molecular formula is C18H29N4O2Y-. The molecule has 1 aromatic heterocycles. The minimum atomic E-state index is -0.255. The molecule has 1 fully saturated rings. The van der Waals surface area contributed by atoms with Crippen molar-refractivity contribution >= 4 is 6.09 Å². The van der Waals surface area contributed by atoms with Gasteiger partial charge in [0.25, 0.3) is 0 Å². The number of amides is 1. The van der Waals surface area contributed by atoms with Crippen LogP contribution in [0.4, 0.5) is 4.79 Å². The summed E-state index contributed by atoms with van der Waals surface area (Å²) in [6.45, 7) is 3.49. The number of ether oxygens (including phenoxy) is 1. The predicted octanol–water partition coefficient (Wildman–Crippen LogP) is 2.87. The molecule has 137 valence electrons. The fraction of sp³-hybridized carbons (Fsp3) is 0.833. The molecule has 0 spiro atoms. The summed E-state index contributed by atoms with van der Waals surface area (Å²) in [7, 11) is 0. The van der Waals surface area contributed by atoms with Gasteiger partial charge in [-0.15, -0.1) is 0 Å². The Morgan fingerprint density at radius 3 is 2.76 bits per heavy atom. The van der Waals surface area contributed by atoms with E-state index in [0.717, 1.165) is 50.0 Å². The number of fused-ring (bicyclic) bond motifs is 2. The maximum atomic E-state index is 11.8. The Hall–Kier alpha value is -0.486. The molecule has 0 unspecified atom stereocenters. The average Bonchev–Trinajstić information content (AvgIpc) is 3.02. The van der Waals surface area contributed by atoms with Crippen molar-refractivity contribution in [1.82, 2.24) is 20.7 Å². The minimum Gasteiger partial charge on any atom is -0.449 e. The van der Waals surface area contributed by atoms with E-state index in [4.69, 9.17) is 4.74 Å². The Bertz CT molecular complexity index is 508. The van der Waals surface area contributed by atoms with Crippen molar-refractivity contribution < 1.29 is 42.2 Å². The molecular weight excluding hydrogens is 393 g/mol. The van der Waals surface area contributed by atoms with Crippen LogP contribution in [-0.2, 0) is 50.3 Å². The van der Waals surface area contributed by atoms with E-state index in [2.05, 4.69) is 27.7 Å². The largest absolute Gasteiger partial charge is 0.449 e. The monoisotopic (exact) mass is 422 g/mol. The molecule has 0 aromatic carbocycles. The molecule has 1 radical (unpaired) electrons. The molecule has 7 heteroatoms. The van der Waals surface area contributed by atoms with E-state index in [9.17, 15) is 4.79 Å². The van der Waals surface area contributed by atoms with Crippen molar-refractivity contribution in [2.75, 3.05) is 13.2 Å². The molecule has 1 aromatic rings. The molecule has 1 saturated carbocycles. The van der Waals surface area contributed by atoms with Gasteiger partial charge in [0.05, 0.1) is 6.61 Å². The second-order valence-corrected chi connectivity index (χ2v) is 7.19. The van der Waals surface area contributed by atoms with E-state index in [1.54, 1.807) is 0 Å². The van der Waals surface area contributed by atoms with Crippen molar-refractivity contribution in [3.63, 3.8) is 0 Å². The Labute approximate surface area is 175 Å². The quantitative estimate of drug-likeness (QED) is 0.652. The summed E-state index contributed by atoms with van der Waals surface area (Å²) in [4.78, 5) is 11.8. The maximum Gasteiger partial charge on any atom is 0.407 e. The van der Waals surface area contributed by atoms with E-state index < -0.39 is 0 Å². The van der Waals surface area contributed by atoms with Crippen LogP contribution in [0, 0.1) is 17.8 Å². The summed E-state index contributed by atoms with van der Waals surface area (Å²) in [6, 6.07) is 0. The fourth-order valence-corrected chi connectivity index (χ4v) is 4.01. The van der Waals surface area contributed by atoms with Crippen LogP contribution in [0.3, 0.4) is 0 Å². The average molecular weight is 422 g/mol. The van der Waals surface area contributed by atoms with Gasteiger partial charge in [-0.3, -0.25) is 5.21 Å². The van der Waals surface area contributed by atoms with E-state index in [0.29, 0.717) is 24.4 Å². The summed E-state index contributed by atoms with van der Waals surface area (Å²) in [5.74, 6) is 1.88. The van der Waals surface area contributed by atoms with Gasteiger partial charge in [0, 0.05) is 39.3 Å². The second kappa shape index (κ2) is 10.6. The third kappa shape index (κ3) is 6.02. The van der Waals surface area contributed by atoms with Gasteiger partial charge in [0.1, 0.15) is 0 Å². The Morgan fingerprint density at radius 1 is 1.20 bits per heavy atom. The van der Waals surface area contributed by atoms with Gasteiger partial charge in [0.15, 0.2) is 0 Å². The Morgan fingerprint density at radius 2 is 1.96 bits per heavy atom.